The minimum atomic E-state index is -3.49. The van der Waals surface area contributed by atoms with E-state index in [9.17, 15) is 8.42 Å². The molecular formula is C10H18N4O2S. The summed E-state index contributed by atoms with van der Waals surface area (Å²) in [5, 5.41) is 0. The van der Waals surface area contributed by atoms with Crippen molar-refractivity contribution in [3.8, 4) is 0 Å². The topological polar surface area (TPSA) is 88.3 Å². The molecule has 0 saturated heterocycles. The lowest BCUT2D eigenvalue weighted by atomic mass is 10.3. The van der Waals surface area contributed by atoms with Crippen molar-refractivity contribution in [3.05, 3.63) is 18.3 Å². The molecule has 0 bridgehead atoms. The molecule has 0 amide bonds. The fourth-order valence-corrected chi connectivity index (χ4v) is 2.76. The molecule has 0 aromatic carbocycles. The van der Waals surface area contributed by atoms with Gasteiger partial charge in [0.1, 0.15) is 5.82 Å². The first-order valence-electron chi connectivity index (χ1n) is 5.34. The third-order valence-electron chi connectivity index (χ3n) is 2.77. The van der Waals surface area contributed by atoms with Gasteiger partial charge in [0.25, 0.3) is 0 Å². The van der Waals surface area contributed by atoms with Gasteiger partial charge in [-0.25, -0.2) is 19.2 Å². The maximum atomic E-state index is 12.2. The highest BCUT2D eigenvalue weighted by molar-refractivity contribution is 7.89. The minimum Gasteiger partial charge on any atom is -0.308 e. The normalized spacial score (nSPS) is 13.7. The summed E-state index contributed by atoms with van der Waals surface area (Å²) in [6, 6.07) is 2.81. The lowest BCUT2D eigenvalue weighted by Crippen LogP contribution is -2.34. The molecular weight excluding hydrogens is 240 g/mol. The lowest BCUT2D eigenvalue weighted by Gasteiger charge is -2.23. The molecule has 17 heavy (non-hydrogen) atoms. The number of sulfonamides is 1. The van der Waals surface area contributed by atoms with Gasteiger partial charge >= 0.3 is 0 Å². The zero-order chi connectivity index (χ0) is 13.1. The van der Waals surface area contributed by atoms with Crippen LogP contribution in [0, 0.1) is 0 Å². The number of hydrogen-bond acceptors (Lipinski definition) is 5. The van der Waals surface area contributed by atoms with Crippen molar-refractivity contribution in [3.63, 3.8) is 0 Å². The Hall–Kier alpha value is -1.18. The van der Waals surface area contributed by atoms with Gasteiger partial charge in [-0.2, -0.15) is 4.31 Å². The summed E-state index contributed by atoms with van der Waals surface area (Å²) in [5.41, 5.74) is 2.33. The largest absolute Gasteiger partial charge is 0.308 e. The van der Waals surface area contributed by atoms with E-state index in [4.69, 9.17) is 5.84 Å². The molecule has 3 N–H and O–H groups in total. The summed E-state index contributed by atoms with van der Waals surface area (Å²) in [4.78, 5) is 4.06. The van der Waals surface area contributed by atoms with Gasteiger partial charge in [-0.3, -0.25) is 0 Å². The molecule has 1 aromatic heterocycles. The van der Waals surface area contributed by atoms with Crippen LogP contribution >= 0.6 is 0 Å². The average molecular weight is 258 g/mol. The van der Waals surface area contributed by atoms with Gasteiger partial charge in [0.05, 0.1) is 4.90 Å². The summed E-state index contributed by atoms with van der Waals surface area (Å²) in [5.74, 6) is 5.53. The first-order chi connectivity index (χ1) is 7.93. The molecule has 96 valence electrons. The van der Waals surface area contributed by atoms with Crippen molar-refractivity contribution in [1.29, 1.82) is 0 Å². The van der Waals surface area contributed by atoms with Crippen molar-refractivity contribution in [2.45, 2.75) is 31.2 Å². The fourth-order valence-electron chi connectivity index (χ4n) is 1.31. The van der Waals surface area contributed by atoms with Crippen LogP contribution in [0.1, 0.15) is 20.3 Å². The van der Waals surface area contributed by atoms with Crippen LogP contribution in [-0.4, -0.2) is 30.8 Å². The van der Waals surface area contributed by atoms with Gasteiger partial charge in [0.2, 0.25) is 10.0 Å². The molecule has 0 aliphatic carbocycles. The van der Waals surface area contributed by atoms with Crippen LogP contribution in [0.25, 0.3) is 0 Å². The monoisotopic (exact) mass is 258 g/mol. The Morgan fingerprint density at radius 3 is 2.76 bits per heavy atom. The molecule has 0 aliphatic rings. The number of hydrazine groups is 1. The molecule has 1 rings (SSSR count). The van der Waals surface area contributed by atoms with Crippen molar-refractivity contribution in [1.82, 2.24) is 9.29 Å². The molecule has 0 spiro atoms. The second-order valence-electron chi connectivity index (χ2n) is 3.80. The zero-order valence-electron chi connectivity index (χ0n) is 10.2. The Kier molecular flexibility index (Phi) is 4.44. The average Bonchev–Trinajstić information content (AvgIpc) is 2.36. The van der Waals surface area contributed by atoms with E-state index in [-0.39, 0.29) is 10.9 Å². The third kappa shape index (κ3) is 2.93. The number of rotatable bonds is 5. The fraction of sp³-hybridized carbons (Fsp3) is 0.500. The molecule has 1 heterocycles. The van der Waals surface area contributed by atoms with E-state index in [0.717, 1.165) is 6.42 Å². The van der Waals surface area contributed by atoms with Crippen molar-refractivity contribution >= 4 is 15.8 Å². The Bertz CT molecular complexity index is 475. The minimum absolute atomic E-state index is 0.0533. The standard InChI is InChI=1S/C10H18N4O2S/c1-4-8(2)14(3)17(15,16)9-5-6-12-10(7-9)13-11/h5-8H,4,11H2,1-3H3,(H,12,13). The maximum Gasteiger partial charge on any atom is 0.243 e. The second kappa shape index (κ2) is 5.44. The Morgan fingerprint density at radius 2 is 2.24 bits per heavy atom. The summed E-state index contributed by atoms with van der Waals surface area (Å²) < 4.78 is 25.8. The number of pyridine rings is 1. The summed E-state index contributed by atoms with van der Waals surface area (Å²) in [7, 11) is -1.92. The molecule has 1 unspecified atom stereocenters. The molecule has 1 aromatic rings. The van der Waals surface area contributed by atoms with Crippen LogP contribution in [0.2, 0.25) is 0 Å². The smallest absolute Gasteiger partial charge is 0.243 e. The highest BCUT2D eigenvalue weighted by Gasteiger charge is 2.24. The molecule has 1 atom stereocenters. The summed E-state index contributed by atoms with van der Waals surface area (Å²) in [6.07, 6.45) is 2.16. The predicted molar refractivity (Wildman–Crippen MR) is 66.7 cm³/mol. The number of nitrogens with one attached hydrogen (secondary N) is 1. The third-order valence-corrected chi connectivity index (χ3v) is 4.74. The molecule has 0 radical (unpaired) electrons. The van der Waals surface area contributed by atoms with E-state index in [1.54, 1.807) is 7.05 Å². The van der Waals surface area contributed by atoms with E-state index in [1.165, 1.54) is 22.6 Å². The number of hydrogen-bond donors (Lipinski definition) is 2. The molecule has 0 fully saturated rings. The highest BCUT2D eigenvalue weighted by atomic mass is 32.2. The Balaban J connectivity index is 3.12. The SMILES string of the molecule is CCC(C)N(C)S(=O)(=O)c1ccnc(NN)c1. The molecule has 0 aliphatic heterocycles. The van der Waals surface area contributed by atoms with Gasteiger partial charge in [0, 0.05) is 25.4 Å². The molecule has 7 heteroatoms. The quantitative estimate of drug-likeness (QED) is 0.602. The van der Waals surface area contributed by atoms with Gasteiger partial charge in [-0.1, -0.05) is 6.92 Å². The van der Waals surface area contributed by atoms with Crippen molar-refractivity contribution in [2.24, 2.45) is 5.84 Å². The van der Waals surface area contributed by atoms with Crippen LogP contribution < -0.4 is 11.3 Å². The number of nitrogens with two attached hydrogens (primary N) is 1. The molecule has 6 nitrogen and oxygen atoms in total. The van der Waals surface area contributed by atoms with E-state index in [2.05, 4.69) is 10.4 Å². The first kappa shape index (κ1) is 13.9. The first-order valence-corrected chi connectivity index (χ1v) is 6.78. The number of anilines is 1. The van der Waals surface area contributed by atoms with E-state index < -0.39 is 10.0 Å². The van der Waals surface area contributed by atoms with Crippen LogP contribution in [-0.2, 0) is 10.0 Å². The number of nitrogen functional groups attached to an aromatic ring is 1. The van der Waals surface area contributed by atoms with Gasteiger partial charge in [-0.05, 0) is 19.4 Å². The maximum absolute atomic E-state index is 12.2. The van der Waals surface area contributed by atoms with Crippen molar-refractivity contribution < 1.29 is 8.42 Å². The van der Waals surface area contributed by atoms with E-state index in [1.807, 2.05) is 13.8 Å². The Morgan fingerprint density at radius 1 is 1.59 bits per heavy atom. The van der Waals surface area contributed by atoms with Crippen LogP contribution in [0.5, 0.6) is 0 Å². The van der Waals surface area contributed by atoms with Gasteiger partial charge < -0.3 is 5.43 Å². The van der Waals surface area contributed by atoms with Gasteiger partial charge in [-0.15, -0.1) is 0 Å². The van der Waals surface area contributed by atoms with Gasteiger partial charge in [0.15, 0.2) is 0 Å². The summed E-state index contributed by atoms with van der Waals surface area (Å²) >= 11 is 0. The molecule has 0 saturated carbocycles. The second-order valence-corrected chi connectivity index (χ2v) is 5.80. The Labute approximate surface area is 102 Å². The van der Waals surface area contributed by atoms with E-state index >= 15 is 0 Å². The summed E-state index contributed by atoms with van der Waals surface area (Å²) in [6.45, 7) is 3.80. The van der Waals surface area contributed by atoms with Crippen molar-refractivity contribution in [2.75, 3.05) is 12.5 Å². The number of nitrogens with zero attached hydrogens (tertiary/aromatic N) is 2. The highest BCUT2D eigenvalue weighted by Crippen LogP contribution is 2.19. The van der Waals surface area contributed by atoms with E-state index in [0.29, 0.717) is 5.82 Å². The zero-order valence-corrected chi connectivity index (χ0v) is 11.0. The van der Waals surface area contributed by atoms with Crippen LogP contribution in [0.4, 0.5) is 5.82 Å². The van der Waals surface area contributed by atoms with Crippen LogP contribution in [0.3, 0.4) is 0 Å². The lowest BCUT2D eigenvalue weighted by molar-refractivity contribution is 0.380. The number of aromatic nitrogens is 1. The predicted octanol–water partition coefficient (Wildman–Crippen LogP) is 0.786. The van der Waals surface area contributed by atoms with Crippen LogP contribution in [0.15, 0.2) is 23.2 Å².